The van der Waals surface area contributed by atoms with Crippen molar-refractivity contribution in [2.45, 2.75) is 19.7 Å². The minimum atomic E-state index is -0.971. The summed E-state index contributed by atoms with van der Waals surface area (Å²) in [7, 11) is 0. The molecule has 0 fully saturated rings. The van der Waals surface area contributed by atoms with Gasteiger partial charge in [0.05, 0.1) is 5.69 Å². The standard InChI is InChI=1S/C21H22ClN5O3.ClH/c1-2-30-21(20(29)25-12-13-3-5-14(6-4-13)19(23)24)27-10-9-17(26-27)16-11-15(22)7-8-18(16)28;/h3-11,21,28H,2,12H2,1H3,(H3,23,24)(H,25,29);1H. The molecule has 0 aliphatic heterocycles. The van der Waals surface area contributed by atoms with Gasteiger partial charge < -0.3 is 20.9 Å². The molecule has 5 N–H and O–H groups in total. The van der Waals surface area contributed by atoms with Gasteiger partial charge >= 0.3 is 0 Å². The molecule has 0 aliphatic rings. The fourth-order valence-corrected chi connectivity index (χ4v) is 3.01. The Labute approximate surface area is 190 Å². The molecule has 0 aliphatic carbocycles. The Morgan fingerprint density at radius 3 is 2.65 bits per heavy atom. The lowest BCUT2D eigenvalue weighted by Gasteiger charge is -2.17. The maximum absolute atomic E-state index is 12.7. The van der Waals surface area contributed by atoms with Crippen LogP contribution in [0.2, 0.25) is 5.02 Å². The molecule has 0 radical (unpaired) electrons. The molecule has 0 bridgehead atoms. The number of aromatic hydroxyl groups is 1. The smallest absolute Gasteiger partial charge is 0.272 e. The average molecular weight is 464 g/mol. The molecule has 0 saturated heterocycles. The summed E-state index contributed by atoms with van der Waals surface area (Å²) in [6.07, 6.45) is 0.638. The number of halogens is 2. The Kier molecular flexibility index (Phi) is 8.44. The van der Waals surface area contributed by atoms with Gasteiger partial charge in [-0.05, 0) is 36.8 Å². The van der Waals surface area contributed by atoms with E-state index in [1.54, 1.807) is 55.6 Å². The Morgan fingerprint density at radius 1 is 1.29 bits per heavy atom. The van der Waals surface area contributed by atoms with Crippen molar-refractivity contribution in [3.63, 3.8) is 0 Å². The van der Waals surface area contributed by atoms with Crippen LogP contribution in [0, 0.1) is 5.41 Å². The first-order chi connectivity index (χ1) is 14.4. The third-order valence-corrected chi connectivity index (χ3v) is 4.60. The van der Waals surface area contributed by atoms with Crippen molar-refractivity contribution in [2.24, 2.45) is 5.73 Å². The molecule has 1 heterocycles. The molecular formula is C21H23Cl2N5O3. The van der Waals surface area contributed by atoms with Crippen LogP contribution in [0.15, 0.2) is 54.7 Å². The molecule has 10 heteroatoms. The van der Waals surface area contributed by atoms with E-state index in [-0.39, 0.29) is 36.4 Å². The molecule has 31 heavy (non-hydrogen) atoms. The summed E-state index contributed by atoms with van der Waals surface area (Å²) in [6, 6.07) is 13.4. The zero-order valence-corrected chi connectivity index (χ0v) is 18.3. The highest BCUT2D eigenvalue weighted by Crippen LogP contribution is 2.30. The lowest BCUT2D eigenvalue weighted by molar-refractivity contribution is -0.139. The number of carbonyl (C=O) groups excluding carboxylic acids is 1. The predicted octanol–water partition coefficient (Wildman–Crippen LogP) is 3.47. The van der Waals surface area contributed by atoms with E-state index in [1.165, 1.54) is 10.7 Å². The number of nitrogens with zero attached hydrogens (tertiary/aromatic N) is 2. The second-order valence-electron chi connectivity index (χ2n) is 6.48. The molecule has 0 saturated carbocycles. The van der Waals surface area contributed by atoms with Crippen molar-refractivity contribution in [3.8, 4) is 17.0 Å². The van der Waals surface area contributed by atoms with Crippen molar-refractivity contribution in [1.82, 2.24) is 15.1 Å². The number of hydrogen-bond donors (Lipinski definition) is 4. The molecule has 164 valence electrons. The number of carbonyl (C=O) groups is 1. The Morgan fingerprint density at radius 2 is 2.00 bits per heavy atom. The van der Waals surface area contributed by atoms with Crippen LogP contribution < -0.4 is 11.1 Å². The Hall–Kier alpha value is -3.07. The molecule has 3 rings (SSSR count). The summed E-state index contributed by atoms with van der Waals surface area (Å²) in [5.41, 5.74) is 7.85. The summed E-state index contributed by atoms with van der Waals surface area (Å²) >= 11 is 6.01. The third-order valence-electron chi connectivity index (χ3n) is 4.36. The Bertz CT molecular complexity index is 1050. The molecule has 3 aromatic rings. The van der Waals surface area contributed by atoms with Gasteiger partial charge in [-0.2, -0.15) is 5.10 Å². The van der Waals surface area contributed by atoms with Crippen molar-refractivity contribution >= 4 is 35.8 Å². The van der Waals surface area contributed by atoms with Crippen LogP contribution in [-0.2, 0) is 16.1 Å². The lowest BCUT2D eigenvalue weighted by atomic mass is 10.1. The predicted molar refractivity (Wildman–Crippen MR) is 122 cm³/mol. The number of phenolic OH excluding ortho intramolecular Hbond substituents is 1. The van der Waals surface area contributed by atoms with Crippen LogP contribution in [0.5, 0.6) is 5.75 Å². The van der Waals surface area contributed by atoms with Crippen molar-refractivity contribution in [1.29, 1.82) is 5.41 Å². The summed E-state index contributed by atoms with van der Waals surface area (Å²) in [4.78, 5) is 12.7. The fraction of sp³-hybridized carbons (Fsp3) is 0.190. The van der Waals surface area contributed by atoms with Crippen LogP contribution in [0.1, 0.15) is 24.3 Å². The van der Waals surface area contributed by atoms with Gasteiger partial charge in [0.2, 0.25) is 6.23 Å². The highest BCUT2D eigenvalue weighted by molar-refractivity contribution is 6.30. The number of ether oxygens (including phenoxy) is 1. The van der Waals surface area contributed by atoms with E-state index in [0.29, 0.717) is 28.5 Å². The number of nitrogens with one attached hydrogen (secondary N) is 2. The van der Waals surface area contributed by atoms with Gasteiger partial charge in [0.1, 0.15) is 11.6 Å². The van der Waals surface area contributed by atoms with Gasteiger partial charge in [-0.25, -0.2) is 4.68 Å². The molecule has 8 nitrogen and oxygen atoms in total. The maximum Gasteiger partial charge on any atom is 0.272 e. The van der Waals surface area contributed by atoms with E-state index in [4.69, 9.17) is 27.5 Å². The summed E-state index contributed by atoms with van der Waals surface area (Å²) in [5.74, 6) is -0.337. The number of amidine groups is 1. The second-order valence-corrected chi connectivity index (χ2v) is 6.92. The maximum atomic E-state index is 12.7. The first-order valence-corrected chi connectivity index (χ1v) is 9.63. The quantitative estimate of drug-likeness (QED) is 0.300. The number of nitrogen functional groups attached to an aromatic ring is 1. The molecule has 1 atom stereocenters. The molecule has 1 amide bonds. The highest BCUT2D eigenvalue weighted by Gasteiger charge is 2.22. The van der Waals surface area contributed by atoms with E-state index in [1.807, 2.05) is 0 Å². The first-order valence-electron chi connectivity index (χ1n) is 9.25. The largest absolute Gasteiger partial charge is 0.507 e. The van der Waals surface area contributed by atoms with Crippen molar-refractivity contribution in [3.05, 3.63) is 70.9 Å². The monoisotopic (exact) mass is 463 g/mol. The van der Waals surface area contributed by atoms with Crippen LogP contribution >= 0.6 is 24.0 Å². The fourth-order valence-electron chi connectivity index (χ4n) is 2.83. The van der Waals surface area contributed by atoms with Gasteiger partial charge in [0, 0.05) is 35.5 Å². The van der Waals surface area contributed by atoms with Crippen LogP contribution in [0.25, 0.3) is 11.3 Å². The van der Waals surface area contributed by atoms with Gasteiger partial charge in [-0.15, -0.1) is 12.4 Å². The number of rotatable bonds is 8. The lowest BCUT2D eigenvalue weighted by Crippen LogP contribution is -2.34. The molecule has 1 aromatic heterocycles. The van der Waals surface area contributed by atoms with E-state index < -0.39 is 6.23 Å². The first kappa shape index (κ1) is 24.2. The second kappa shape index (κ2) is 10.8. The number of benzene rings is 2. The molecular weight excluding hydrogens is 441 g/mol. The number of hydrogen-bond acceptors (Lipinski definition) is 5. The summed E-state index contributed by atoms with van der Waals surface area (Å²) in [6.45, 7) is 2.38. The Balaban J connectivity index is 0.00000341. The molecule has 1 unspecified atom stereocenters. The van der Waals surface area contributed by atoms with Gasteiger partial charge in [0.25, 0.3) is 5.91 Å². The normalized spacial score (nSPS) is 11.4. The number of aromatic nitrogens is 2. The zero-order chi connectivity index (χ0) is 21.7. The topological polar surface area (TPSA) is 126 Å². The summed E-state index contributed by atoms with van der Waals surface area (Å²) < 4.78 is 6.98. The van der Waals surface area contributed by atoms with Crippen LogP contribution in [-0.4, -0.2) is 33.2 Å². The van der Waals surface area contributed by atoms with Gasteiger partial charge in [-0.1, -0.05) is 35.9 Å². The van der Waals surface area contributed by atoms with Crippen LogP contribution in [0.4, 0.5) is 0 Å². The number of phenols is 1. The van der Waals surface area contributed by atoms with E-state index in [9.17, 15) is 9.90 Å². The van der Waals surface area contributed by atoms with E-state index >= 15 is 0 Å². The third kappa shape index (κ3) is 5.97. The average Bonchev–Trinajstić information content (AvgIpc) is 3.21. The number of amides is 1. The highest BCUT2D eigenvalue weighted by atomic mass is 35.5. The van der Waals surface area contributed by atoms with Crippen LogP contribution in [0.3, 0.4) is 0 Å². The van der Waals surface area contributed by atoms with E-state index in [0.717, 1.165) is 5.56 Å². The SMILES string of the molecule is CCOC(C(=O)NCc1ccc(C(=N)N)cc1)n1ccc(-c2cc(Cl)ccc2O)n1.Cl. The number of nitrogens with two attached hydrogens (primary N) is 1. The minimum Gasteiger partial charge on any atom is -0.507 e. The molecule has 0 spiro atoms. The van der Waals surface area contributed by atoms with Gasteiger partial charge in [-0.3, -0.25) is 10.2 Å². The van der Waals surface area contributed by atoms with E-state index in [2.05, 4.69) is 10.4 Å². The van der Waals surface area contributed by atoms with Gasteiger partial charge in [0.15, 0.2) is 0 Å². The van der Waals surface area contributed by atoms with Crippen molar-refractivity contribution < 1.29 is 14.6 Å². The minimum absolute atomic E-state index is 0. The molecule has 2 aromatic carbocycles. The summed E-state index contributed by atoms with van der Waals surface area (Å²) in [5, 5.41) is 25.2. The van der Waals surface area contributed by atoms with Crippen molar-refractivity contribution in [2.75, 3.05) is 6.61 Å². The zero-order valence-electron chi connectivity index (χ0n) is 16.7.